The molecule has 0 spiro atoms. The van der Waals surface area contributed by atoms with Gasteiger partial charge in [-0.05, 0) is 48.2 Å². The number of piperidine rings is 1. The number of hydrogen-bond donors (Lipinski definition) is 2. The number of alkyl halides is 2. The molecule has 0 radical (unpaired) electrons. The minimum absolute atomic E-state index is 0.185. The molecule has 1 saturated carbocycles. The molecule has 33 heavy (non-hydrogen) atoms. The largest absolute Gasteiger partial charge is 0.486 e. The predicted octanol–water partition coefficient (Wildman–Crippen LogP) is 2.37. The quantitative estimate of drug-likeness (QED) is 0.690. The molecule has 1 aromatic heterocycles. The van der Waals surface area contributed by atoms with Crippen LogP contribution in [0.2, 0.25) is 0 Å². The highest BCUT2D eigenvalue weighted by Crippen LogP contribution is 2.40. The van der Waals surface area contributed by atoms with Crippen molar-refractivity contribution >= 4 is 17.6 Å². The smallest absolute Gasteiger partial charge is 0.263 e. The summed E-state index contributed by atoms with van der Waals surface area (Å²) in [7, 11) is 0. The van der Waals surface area contributed by atoms with Gasteiger partial charge in [0.05, 0.1) is 12.1 Å². The van der Waals surface area contributed by atoms with E-state index in [4.69, 9.17) is 9.84 Å². The van der Waals surface area contributed by atoms with Gasteiger partial charge in [0.2, 0.25) is 5.91 Å². The average Bonchev–Trinajstić information content (AvgIpc) is 3.58. The molecule has 172 valence electrons. The number of nitrogens with one attached hydrogen (secondary N) is 1. The molecule has 1 aliphatic carbocycles. The Morgan fingerprint density at radius 2 is 2.06 bits per heavy atom. The standard InChI is InChI=1S/C23H22F2N4O4/c24-17-12-29(21(31)13-30)8-4-19(17)33-18-2-1-14(9-16(18)11-26)15-3-7-27-20(10-15)28-22(32)23(25)5-6-23/h1-3,7,9-10,17,19,30H,4-6,8,12-13H2,(H,27,28,32)/t17-,19+/m1/s1. The van der Waals surface area contributed by atoms with E-state index in [1.165, 1.54) is 11.1 Å². The molecule has 1 aliphatic heterocycles. The SMILES string of the molecule is N#Cc1cc(-c2ccnc(NC(=O)C3(F)CC3)c2)ccc1O[C@H]1CCN(C(=O)CO)C[C@H]1F. The molecule has 2 aliphatic rings. The average molecular weight is 456 g/mol. The highest BCUT2D eigenvalue weighted by Gasteiger charge is 2.51. The van der Waals surface area contributed by atoms with Gasteiger partial charge in [0, 0.05) is 19.2 Å². The number of aliphatic hydroxyl groups excluding tert-OH is 1. The zero-order valence-corrected chi connectivity index (χ0v) is 17.6. The molecular formula is C23H22F2N4O4. The fourth-order valence-corrected chi connectivity index (χ4v) is 3.65. The van der Waals surface area contributed by atoms with Gasteiger partial charge >= 0.3 is 0 Å². The minimum atomic E-state index is -1.82. The maximum absolute atomic E-state index is 14.5. The topological polar surface area (TPSA) is 116 Å². The van der Waals surface area contributed by atoms with Crippen LogP contribution in [-0.2, 0) is 9.59 Å². The van der Waals surface area contributed by atoms with Crippen molar-refractivity contribution in [2.24, 2.45) is 0 Å². The van der Waals surface area contributed by atoms with Crippen molar-refractivity contribution in [3.63, 3.8) is 0 Å². The second-order valence-electron chi connectivity index (χ2n) is 8.13. The number of nitrogens with zero attached hydrogens (tertiary/aromatic N) is 3. The van der Waals surface area contributed by atoms with E-state index < -0.39 is 36.4 Å². The number of rotatable bonds is 6. The zero-order valence-electron chi connectivity index (χ0n) is 17.6. The fraction of sp³-hybridized carbons (Fsp3) is 0.391. The summed E-state index contributed by atoms with van der Waals surface area (Å²) in [5, 5.41) is 21.0. The summed E-state index contributed by atoms with van der Waals surface area (Å²) < 4.78 is 34.2. The maximum atomic E-state index is 14.5. The predicted molar refractivity (Wildman–Crippen MR) is 114 cm³/mol. The summed E-state index contributed by atoms with van der Waals surface area (Å²) in [5.41, 5.74) is -0.346. The van der Waals surface area contributed by atoms with Gasteiger partial charge in [0.25, 0.3) is 5.91 Å². The number of ether oxygens (including phenoxy) is 1. The Hall–Kier alpha value is -3.58. The number of pyridine rings is 1. The molecule has 2 amide bonds. The van der Waals surface area contributed by atoms with Crippen molar-refractivity contribution in [3.8, 4) is 22.9 Å². The van der Waals surface area contributed by atoms with Crippen LogP contribution in [0.3, 0.4) is 0 Å². The Morgan fingerprint density at radius 1 is 1.30 bits per heavy atom. The molecule has 2 atom stereocenters. The molecule has 2 fully saturated rings. The fourth-order valence-electron chi connectivity index (χ4n) is 3.65. The van der Waals surface area contributed by atoms with Gasteiger partial charge in [0.1, 0.15) is 30.3 Å². The first-order chi connectivity index (χ1) is 15.8. The number of benzene rings is 1. The molecule has 10 heteroatoms. The highest BCUT2D eigenvalue weighted by atomic mass is 19.1. The van der Waals surface area contributed by atoms with Crippen molar-refractivity contribution < 1.29 is 28.2 Å². The second kappa shape index (κ2) is 9.11. The third-order valence-electron chi connectivity index (χ3n) is 5.78. The van der Waals surface area contributed by atoms with E-state index in [-0.39, 0.29) is 49.5 Å². The lowest BCUT2D eigenvalue weighted by Gasteiger charge is -2.34. The van der Waals surface area contributed by atoms with Gasteiger partial charge in [-0.15, -0.1) is 0 Å². The Kier molecular flexibility index (Phi) is 6.24. The molecular weight excluding hydrogens is 434 g/mol. The molecule has 0 bridgehead atoms. The molecule has 2 aromatic rings. The summed E-state index contributed by atoms with van der Waals surface area (Å²) in [4.78, 5) is 28.8. The summed E-state index contributed by atoms with van der Waals surface area (Å²) in [6.07, 6.45) is -0.206. The van der Waals surface area contributed by atoms with Crippen molar-refractivity contribution in [2.45, 2.75) is 37.2 Å². The van der Waals surface area contributed by atoms with Gasteiger partial charge in [-0.2, -0.15) is 5.26 Å². The minimum Gasteiger partial charge on any atom is -0.486 e. The van der Waals surface area contributed by atoms with Crippen LogP contribution < -0.4 is 10.1 Å². The van der Waals surface area contributed by atoms with Crippen molar-refractivity contribution in [1.82, 2.24) is 9.88 Å². The first-order valence-corrected chi connectivity index (χ1v) is 10.5. The number of anilines is 1. The Morgan fingerprint density at radius 3 is 2.73 bits per heavy atom. The van der Waals surface area contributed by atoms with Crippen LogP contribution in [0.5, 0.6) is 5.75 Å². The van der Waals surface area contributed by atoms with E-state index in [9.17, 15) is 23.6 Å². The van der Waals surface area contributed by atoms with Crippen LogP contribution in [0.25, 0.3) is 11.1 Å². The number of nitriles is 1. The normalized spacial score (nSPS) is 21.1. The van der Waals surface area contributed by atoms with E-state index in [1.54, 1.807) is 30.3 Å². The van der Waals surface area contributed by atoms with E-state index in [1.807, 2.05) is 6.07 Å². The summed E-state index contributed by atoms with van der Waals surface area (Å²) in [6.45, 7) is -0.612. The number of aromatic nitrogens is 1. The molecule has 4 rings (SSSR count). The lowest BCUT2D eigenvalue weighted by Crippen LogP contribution is -2.50. The number of halogens is 2. The van der Waals surface area contributed by atoms with Gasteiger partial charge in [-0.1, -0.05) is 6.07 Å². The van der Waals surface area contributed by atoms with E-state index in [0.29, 0.717) is 11.1 Å². The molecule has 8 nitrogen and oxygen atoms in total. The van der Waals surface area contributed by atoms with E-state index >= 15 is 0 Å². The highest BCUT2D eigenvalue weighted by molar-refractivity contribution is 5.99. The van der Waals surface area contributed by atoms with Crippen LogP contribution in [0.4, 0.5) is 14.6 Å². The lowest BCUT2D eigenvalue weighted by atomic mass is 10.0. The number of hydrogen-bond acceptors (Lipinski definition) is 6. The van der Waals surface area contributed by atoms with Crippen molar-refractivity contribution in [1.29, 1.82) is 5.26 Å². The summed E-state index contributed by atoms with van der Waals surface area (Å²) in [6, 6.07) is 10.1. The van der Waals surface area contributed by atoms with Crippen LogP contribution in [0.1, 0.15) is 24.8 Å². The second-order valence-corrected chi connectivity index (χ2v) is 8.13. The molecule has 1 saturated heterocycles. The maximum Gasteiger partial charge on any atom is 0.263 e. The monoisotopic (exact) mass is 456 g/mol. The first kappa shape index (κ1) is 22.6. The summed E-state index contributed by atoms with van der Waals surface area (Å²) >= 11 is 0. The van der Waals surface area contributed by atoms with Gasteiger partial charge in [-0.3, -0.25) is 9.59 Å². The van der Waals surface area contributed by atoms with Gasteiger partial charge in [0.15, 0.2) is 11.8 Å². The molecule has 2 N–H and O–H groups in total. The number of likely N-dealkylation sites (tertiary alicyclic amines) is 1. The van der Waals surface area contributed by atoms with Crippen LogP contribution in [-0.4, -0.2) is 64.4 Å². The van der Waals surface area contributed by atoms with E-state index in [0.717, 1.165) is 0 Å². The molecule has 0 unspecified atom stereocenters. The van der Waals surface area contributed by atoms with Gasteiger partial charge < -0.3 is 20.1 Å². The van der Waals surface area contributed by atoms with Gasteiger partial charge in [-0.25, -0.2) is 13.8 Å². The van der Waals surface area contributed by atoms with Crippen LogP contribution >= 0.6 is 0 Å². The van der Waals surface area contributed by atoms with Crippen molar-refractivity contribution in [3.05, 3.63) is 42.1 Å². The Bertz CT molecular complexity index is 1120. The Balaban J connectivity index is 1.47. The number of carbonyl (C=O) groups is 2. The third-order valence-corrected chi connectivity index (χ3v) is 5.78. The number of carbonyl (C=O) groups excluding carboxylic acids is 2. The first-order valence-electron chi connectivity index (χ1n) is 10.5. The van der Waals surface area contributed by atoms with Crippen molar-refractivity contribution in [2.75, 3.05) is 25.0 Å². The Labute approximate surface area is 188 Å². The zero-order chi connectivity index (χ0) is 23.6. The van der Waals surface area contributed by atoms with Crippen LogP contribution in [0.15, 0.2) is 36.5 Å². The molecule has 2 heterocycles. The molecule has 1 aromatic carbocycles. The van der Waals surface area contributed by atoms with Crippen LogP contribution in [0, 0.1) is 11.3 Å². The summed E-state index contributed by atoms with van der Waals surface area (Å²) in [5.74, 6) is -0.845. The third kappa shape index (κ3) is 4.93. The number of aliphatic hydroxyl groups is 1. The lowest BCUT2D eigenvalue weighted by molar-refractivity contribution is -0.138. The van der Waals surface area contributed by atoms with E-state index in [2.05, 4.69) is 10.3 Å². The number of amides is 2.